The monoisotopic (exact) mass is 489 g/mol. The molecule has 2 aliphatic rings. The van der Waals surface area contributed by atoms with Crippen molar-refractivity contribution in [2.45, 2.75) is 44.7 Å². The molecule has 4 aromatic rings. The van der Waals surface area contributed by atoms with Crippen LogP contribution in [0.25, 0.3) is 22.5 Å². The highest BCUT2D eigenvalue weighted by atomic mass is 16.2. The summed E-state index contributed by atoms with van der Waals surface area (Å²) in [6.07, 6.45) is 3.81. The van der Waals surface area contributed by atoms with Gasteiger partial charge in [0.25, 0.3) is 5.91 Å². The normalized spacial score (nSPS) is 15.1. The molecule has 1 aliphatic carbocycles. The Labute approximate surface area is 215 Å². The molecule has 37 heavy (non-hydrogen) atoms. The number of rotatable bonds is 5. The summed E-state index contributed by atoms with van der Waals surface area (Å²) < 4.78 is 1.83. The highest BCUT2D eigenvalue weighted by Gasteiger charge is 2.33. The third-order valence-corrected chi connectivity index (χ3v) is 7.17. The van der Waals surface area contributed by atoms with Crippen molar-refractivity contribution in [3.63, 3.8) is 0 Å². The second-order valence-corrected chi connectivity index (χ2v) is 10.5. The number of benzene rings is 2. The van der Waals surface area contributed by atoms with Gasteiger partial charge in [-0.1, -0.05) is 18.2 Å². The number of nitriles is 1. The van der Waals surface area contributed by atoms with Crippen molar-refractivity contribution < 1.29 is 4.79 Å². The number of fused-ring (bicyclic) bond motifs is 1. The number of nitrogens with two attached hydrogens (primary N) is 1. The van der Waals surface area contributed by atoms with E-state index in [4.69, 9.17) is 10.7 Å². The van der Waals surface area contributed by atoms with Crippen molar-refractivity contribution >= 4 is 11.7 Å². The minimum atomic E-state index is -0.536. The Bertz CT molecular complexity index is 1600. The number of anilines is 1. The number of pyridine rings is 1. The van der Waals surface area contributed by atoms with E-state index in [-0.39, 0.29) is 5.91 Å². The van der Waals surface area contributed by atoms with E-state index in [0.29, 0.717) is 35.2 Å². The van der Waals surface area contributed by atoms with E-state index in [1.807, 2.05) is 61.9 Å². The van der Waals surface area contributed by atoms with Crippen LogP contribution in [0.4, 0.5) is 5.82 Å². The number of aromatic nitrogens is 4. The van der Waals surface area contributed by atoms with Gasteiger partial charge in [0.2, 0.25) is 0 Å². The maximum atomic E-state index is 13.6. The fourth-order valence-corrected chi connectivity index (χ4v) is 4.88. The van der Waals surface area contributed by atoms with Gasteiger partial charge in [-0.05, 0) is 79.3 Å². The van der Waals surface area contributed by atoms with Crippen LogP contribution in [0.2, 0.25) is 0 Å². The van der Waals surface area contributed by atoms with Gasteiger partial charge in [-0.3, -0.25) is 9.69 Å². The molecule has 1 aliphatic heterocycles. The number of nitrogens with zero attached hydrogens (tertiary/aromatic N) is 6. The van der Waals surface area contributed by atoms with Gasteiger partial charge in [-0.15, -0.1) is 10.2 Å². The van der Waals surface area contributed by atoms with E-state index in [9.17, 15) is 10.1 Å². The molecule has 1 amide bonds. The Kier molecular flexibility index (Phi) is 5.21. The lowest BCUT2D eigenvalue weighted by Crippen LogP contribution is -2.29. The van der Waals surface area contributed by atoms with Crippen LogP contribution in [-0.4, -0.2) is 25.7 Å². The van der Waals surface area contributed by atoms with Crippen LogP contribution in [0.3, 0.4) is 0 Å². The number of hydrogen-bond donors (Lipinski definition) is 1. The Hall–Kier alpha value is -4.35. The lowest BCUT2D eigenvalue weighted by Gasteiger charge is -2.19. The molecule has 0 saturated heterocycles. The van der Waals surface area contributed by atoms with E-state index < -0.39 is 5.54 Å². The predicted molar refractivity (Wildman–Crippen MR) is 141 cm³/mol. The number of amides is 1. The standard InChI is InChI=1S/C29H27N7O/c1-29(2,31)21-8-7-19-15-36(28(37)23(19)13-21)26-12-20(11-25(33-26)18-5-6-18)22-9-4-17(14-30)10-24(22)27-34-32-16-35(27)3/h4,7-13,16,18H,5-6,15,31H2,1-3H3. The summed E-state index contributed by atoms with van der Waals surface area (Å²) in [4.78, 5) is 20.3. The summed E-state index contributed by atoms with van der Waals surface area (Å²) in [5.41, 5.74) is 12.5. The maximum absolute atomic E-state index is 13.6. The zero-order valence-corrected chi connectivity index (χ0v) is 21.1. The molecule has 1 saturated carbocycles. The first-order valence-corrected chi connectivity index (χ1v) is 12.4. The summed E-state index contributed by atoms with van der Waals surface area (Å²) >= 11 is 0. The topological polar surface area (TPSA) is 114 Å². The average Bonchev–Trinajstić information content (AvgIpc) is 3.57. The molecule has 184 valence electrons. The molecular weight excluding hydrogens is 462 g/mol. The molecule has 3 heterocycles. The smallest absolute Gasteiger partial charge is 0.260 e. The lowest BCUT2D eigenvalue weighted by molar-refractivity contribution is 0.0996. The third kappa shape index (κ3) is 4.07. The highest BCUT2D eigenvalue weighted by molar-refractivity contribution is 6.10. The lowest BCUT2D eigenvalue weighted by atomic mass is 9.93. The van der Waals surface area contributed by atoms with Gasteiger partial charge < -0.3 is 10.3 Å². The van der Waals surface area contributed by atoms with Gasteiger partial charge in [0, 0.05) is 35.3 Å². The van der Waals surface area contributed by atoms with Gasteiger partial charge in [-0.25, -0.2) is 4.98 Å². The van der Waals surface area contributed by atoms with Gasteiger partial charge >= 0.3 is 0 Å². The van der Waals surface area contributed by atoms with E-state index in [0.717, 1.165) is 46.4 Å². The number of carbonyl (C=O) groups excluding carboxylic acids is 1. The van der Waals surface area contributed by atoms with Crippen LogP contribution >= 0.6 is 0 Å². The zero-order valence-electron chi connectivity index (χ0n) is 21.1. The van der Waals surface area contributed by atoms with Crippen LogP contribution in [0, 0.1) is 11.3 Å². The van der Waals surface area contributed by atoms with E-state index >= 15 is 0 Å². The second-order valence-electron chi connectivity index (χ2n) is 10.5. The van der Waals surface area contributed by atoms with Crippen LogP contribution in [0.1, 0.15) is 65.3 Å². The zero-order chi connectivity index (χ0) is 25.9. The molecule has 6 rings (SSSR count). The Morgan fingerprint density at radius 1 is 1.05 bits per heavy atom. The van der Waals surface area contributed by atoms with Gasteiger partial charge in [0.15, 0.2) is 5.82 Å². The minimum absolute atomic E-state index is 0.0687. The van der Waals surface area contributed by atoms with E-state index in [2.05, 4.69) is 22.3 Å². The number of aryl methyl sites for hydroxylation is 1. The van der Waals surface area contributed by atoms with Crippen LogP contribution in [0.5, 0.6) is 0 Å². The highest BCUT2D eigenvalue weighted by Crippen LogP contribution is 2.43. The quantitative estimate of drug-likeness (QED) is 0.437. The molecule has 8 nitrogen and oxygen atoms in total. The average molecular weight is 490 g/mol. The van der Waals surface area contributed by atoms with Gasteiger partial charge in [0.1, 0.15) is 12.1 Å². The third-order valence-electron chi connectivity index (χ3n) is 7.17. The number of carbonyl (C=O) groups is 1. The summed E-state index contributed by atoms with van der Waals surface area (Å²) in [6.45, 7) is 4.33. The Morgan fingerprint density at radius 2 is 1.86 bits per heavy atom. The molecule has 0 radical (unpaired) electrons. The van der Waals surface area contributed by atoms with Crippen LogP contribution in [0.15, 0.2) is 54.9 Å². The molecule has 0 spiro atoms. The molecule has 0 unspecified atom stereocenters. The van der Waals surface area contributed by atoms with Crippen molar-refractivity contribution in [3.8, 4) is 28.6 Å². The predicted octanol–water partition coefficient (Wildman–Crippen LogP) is 4.65. The van der Waals surface area contributed by atoms with E-state index in [1.165, 1.54) is 0 Å². The summed E-state index contributed by atoms with van der Waals surface area (Å²) in [5, 5.41) is 17.9. The summed E-state index contributed by atoms with van der Waals surface area (Å²) in [6, 6.07) is 17.8. The van der Waals surface area contributed by atoms with Crippen LogP contribution in [-0.2, 0) is 19.1 Å². The first-order valence-electron chi connectivity index (χ1n) is 12.4. The summed E-state index contributed by atoms with van der Waals surface area (Å²) in [7, 11) is 1.88. The fraction of sp³-hybridized carbons (Fsp3) is 0.276. The maximum Gasteiger partial charge on any atom is 0.260 e. The van der Waals surface area contributed by atoms with Crippen molar-refractivity contribution in [1.82, 2.24) is 19.7 Å². The molecule has 2 aromatic carbocycles. The summed E-state index contributed by atoms with van der Waals surface area (Å²) in [5.74, 6) is 1.61. The van der Waals surface area contributed by atoms with Crippen molar-refractivity contribution in [2.75, 3.05) is 4.90 Å². The Morgan fingerprint density at radius 3 is 2.54 bits per heavy atom. The molecule has 2 N–H and O–H groups in total. The molecule has 1 fully saturated rings. The number of hydrogen-bond acceptors (Lipinski definition) is 6. The minimum Gasteiger partial charge on any atom is -0.322 e. The molecular formula is C29H27N7O. The molecule has 0 bridgehead atoms. The largest absolute Gasteiger partial charge is 0.322 e. The van der Waals surface area contributed by atoms with E-state index in [1.54, 1.807) is 17.3 Å². The second kappa shape index (κ2) is 8.36. The Balaban J connectivity index is 1.47. The SMILES string of the molecule is Cn1cnnc1-c1cc(C#N)ccc1-c1cc(C2CC2)nc(N2Cc3ccc(C(C)(C)N)cc3C2=O)c1. The fourth-order valence-electron chi connectivity index (χ4n) is 4.88. The van der Waals surface area contributed by atoms with Crippen molar-refractivity contribution in [2.24, 2.45) is 12.8 Å². The first kappa shape index (κ1) is 23.1. The molecule has 8 heteroatoms. The molecule has 0 atom stereocenters. The first-order chi connectivity index (χ1) is 17.7. The van der Waals surface area contributed by atoms with Crippen molar-refractivity contribution in [3.05, 3.63) is 82.8 Å². The van der Waals surface area contributed by atoms with Gasteiger partial charge in [0.05, 0.1) is 18.2 Å². The van der Waals surface area contributed by atoms with Crippen LogP contribution < -0.4 is 10.6 Å². The van der Waals surface area contributed by atoms with Gasteiger partial charge in [-0.2, -0.15) is 5.26 Å². The molecule has 2 aromatic heterocycles. The van der Waals surface area contributed by atoms with Crippen molar-refractivity contribution in [1.29, 1.82) is 5.26 Å².